The van der Waals surface area contributed by atoms with Gasteiger partial charge >= 0.3 is 11.9 Å². The van der Waals surface area contributed by atoms with Crippen molar-refractivity contribution in [3.05, 3.63) is 119 Å². The van der Waals surface area contributed by atoms with Gasteiger partial charge in [-0.3, -0.25) is 14.4 Å². The Morgan fingerprint density at radius 2 is 1.38 bits per heavy atom. The largest absolute Gasteiger partial charge is 0.481 e. The van der Waals surface area contributed by atoms with E-state index in [0.29, 0.717) is 31.4 Å². The molecule has 2 aliphatic rings. The van der Waals surface area contributed by atoms with Gasteiger partial charge in [0.05, 0.1) is 27.6 Å². The number of carbonyl (C=O) groups excluding carboxylic acids is 2. The van der Waals surface area contributed by atoms with Crippen molar-refractivity contribution in [1.29, 1.82) is 0 Å². The summed E-state index contributed by atoms with van der Waals surface area (Å²) in [5.41, 5.74) is 4.37. The smallest absolute Gasteiger partial charge is 0.335 e. The van der Waals surface area contributed by atoms with Crippen molar-refractivity contribution in [2.45, 2.75) is 75.6 Å². The summed E-state index contributed by atoms with van der Waals surface area (Å²) in [4.78, 5) is 52.2. The Kier molecular flexibility index (Phi) is 12.9. The zero-order valence-corrected chi connectivity index (χ0v) is 32.2. The van der Waals surface area contributed by atoms with E-state index in [-0.39, 0.29) is 33.2 Å². The Labute approximate surface area is 327 Å². The van der Waals surface area contributed by atoms with Crippen molar-refractivity contribution in [2.24, 2.45) is 11.8 Å². The number of aromatic carboxylic acids is 1. The van der Waals surface area contributed by atoms with E-state index in [2.05, 4.69) is 20.3 Å². The topological polar surface area (TPSA) is 182 Å². The summed E-state index contributed by atoms with van der Waals surface area (Å²) in [7, 11) is -4.00. The van der Waals surface area contributed by atoms with Gasteiger partial charge in [0.2, 0.25) is 10.0 Å². The molecule has 56 heavy (non-hydrogen) atoms. The van der Waals surface area contributed by atoms with Crippen molar-refractivity contribution in [2.75, 3.05) is 28.6 Å². The second-order valence-corrected chi connectivity index (χ2v) is 16.5. The minimum absolute atomic E-state index is 0.000826. The fourth-order valence-electron chi connectivity index (χ4n) is 7.51. The molecule has 12 nitrogen and oxygen atoms in total. The van der Waals surface area contributed by atoms with Crippen LogP contribution < -0.4 is 20.3 Å². The number of piperidine rings is 1. The Hall–Kier alpha value is -5.53. The highest BCUT2D eigenvalue weighted by molar-refractivity contribution is 7.89. The van der Waals surface area contributed by atoms with Crippen LogP contribution in [0.2, 0.25) is 0 Å². The zero-order valence-electron chi connectivity index (χ0n) is 31.4. The first-order valence-electron chi connectivity index (χ1n) is 19.1. The second-order valence-electron chi connectivity index (χ2n) is 14.8. The van der Waals surface area contributed by atoms with Gasteiger partial charge < -0.3 is 25.7 Å². The average Bonchev–Trinajstić information content (AvgIpc) is 3.21. The number of sulfonamides is 1. The van der Waals surface area contributed by atoms with Crippen LogP contribution >= 0.6 is 0 Å². The summed E-state index contributed by atoms with van der Waals surface area (Å²) in [6, 6.07) is 24.9. The molecular formula is C43H48N4O8S. The molecule has 1 unspecified atom stereocenters. The van der Waals surface area contributed by atoms with Gasteiger partial charge in [0, 0.05) is 36.1 Å². The number of carbonyl (C=O) groups is 4. The van der Waals surface area contributed by atoms with Crippen LogP contribution in [0.4, 0.5) is 17.1 Å². The van der Waals surface area contributed by atoms with Gasteiger partial charge in [0.15, 0.2) is 0 Å². The fraction of sp³-hybridized carbons (Fsp3) is 0.349. The summed E-state index contributed by atoms with van der Waals surface area (Å²) < 4.78 is 29.6. The molecule has 1 atom stereocenters. The number of aryl methyl sites for hydroxylation is 2. The molecule has 4 aromatic carbocycles. The number of carboxylic acids is 2. The maximum Gasteiger partial charge on any atom is 0.335 e. The molecule has 0 aromatic heterocycles. The Morgan fingerprint density at radius 1 is 0.732 bits per heavy atom. The highest BCUT2D eigenvalue weighted by Gasteiger charge is 2.31. The Bertz CT molecular complexity index is 2160. The number of anilines is 3. The molecule has 4 aromatic rings. The quantitative estimate of drug-likeness (QED) is 0.0882. The number of nitrogens with zero attached hydrogens (tertiary/aromatic N) is 1. The van der Waals surface area contributed by atoms with E-state index in [1.54, 1.807) is 31.2 Å². The van der Waals surface area contributed by atoms with E-state index < -0.39 is 45.7 Å². The van der Waals surface area contributed by atoms with E-state index in [1.165, 1.54) is 24.3 Å². The number of benzene rings is 4. The van der Waals surface area contributed by atoms with Crippen LogP contribution in [0.3, 0.4) is 0 Å². The van der Waals surface area contributed by atoms with E-state index in [0.717, 1.165) is 62.0 Å². The number of nitrogens with one attached hydrogen (secondary N) is 3. The molecule has 6 rings (SSSR count). The predicted molar refractivity (Wildman–Crippen MR) is 215 cm³/mol. The van der Waals surface area contributed by atoms with Crippen LogP contribution in [0, 0.1) is 11.8 Å². The molecule has 1 saturated carbocycles. The third-order valence-electron chi connectivity index (χ3n) is 10.9. The first kappa shape index (κ1) is 40.1. The molecule has 13 heteroatoms. The molecule has 0 spiro atoms. The molecule has 294 valence electrons. The lowest BCUT2D eigenvalue weighted by molar-refractivity contribution is -0.143. The molecule has 1 aliphatic heterocycles. The average molecular weight is 781 g/mol. The van der Waals surface area contributed by atoms with Gasteiger partial charge in [0.25, 0.3) is 11.8 Å². The number of rotatable bonds is 14. The monoisotopic (exact) mass is 780 g/mol. The maximum absolute atomic E-state index is 13.9. The summed E-state index contributed by atoms with van der Waals surface area (Å²) in [5, 5.41) is 24.3. The normalized spacial score (nSPS) is 17.8. The fourth-order valence-corrected chi connectivity index (χ4v) is 8.87. The van der Waals surface area contributed by atoms with E-state index in [4.69, 9.17) is 5.11 Å². The maximum atomic E-state index is 13.9. The van der Waals surface area contributed by atoms with Gasteiger partial charge in [-0.25, -0.2) is 17.9 Å². The highest BCUT2D eigenvalue weighted by Crippen LogP contribution is 2.32. The lowest BCUT2D eigenvalue weighted by Crippen LogP contribution is -2.40. The molecule has 2 amide bonds. The molecule has 1 saturated heterocycles. The third-order valence-corrected chi connectivity index (χ3v) is 12.5. The molecular weight excluding hydrogens is 733 g/mol. The first-order chi connectivity index (χ1) is 26.9. The zero-order chi connectivity index (χ0) is 39.8. The first-order valence-corrected chi connectivity index (χ1v) is 20.6. The van der Waals surface area contributed by atoms with Gasteiger partial charge in [-0.05, 0) is 142 Å². The summed E-state index contributed by atoms with van der Waals surface area (Å²) >= 11 is 0. The number of hydrogen-bond acceptors (Lipinski definition) is 7. The number of carboxylic acid groups (broad SMARTS) is 2. The van der Waals surface area contributed by atoms with Crippen molar-refractivity contribution < 1.29 is 37.8 Å². The van der Waals surface area contributed by atoms with E-state index in [9.17, 15) is 32.7 Å². The van der Waals surface area contributed by atoms with Crippen LogP contribution in [0.5, 0.6) is 0 Å². The molecule has 5 N–H and O–H groups in total. The molecule has 1 aliphatic carbocycles. The number of amides is 2. The molecule has 0 bridgehead atoms. The van der Waals surface area contributed by atoms with Crippen LogP contribution in [-0.4, -0.2) is 61.5 Å². The minimum atomic E-state index is -4.00. The highest BCUT2D eigenvalue weighted by atomic mass is 32.2. The lowest BCUT2D eigenvalue weighted by Gasteiger charge is -2.30. The second kappa shape index (κ2) is 17.9. The van der Waals surface area contributed by atoms with Gasteiger partial charge in [-0.1, -0.05) is 30.3 Å². The van der Waals surface area contributed by atoms with Crippen LogP contribution in [-0.2, 0) is 27.7 Å². The summed E-state index contributed by atoms with van der Waals surface area (Å²) in [6.45, 7) is 3.49. The molecule has 0 radical (unpaired) electrons. The summed E-state index contributed by atoms with van der Waals surface area (Å²) in [5.74, 6) is -3.18. The van der Waals surface area contributed by atoms with Gasteiger partial charge in [0.1, 0.15) is 0 Å². The standard InChI is InChI=1S/C43H48N4O8S/c1-28(31-16-18-33(19-17-31)43(52)53)46-56(54,55)37-7-5-6-34(26-37)40(48)45-39-23-22-36(47-24-3-2-4-25-47)27-38(39)41(49)44-35-20-12-30(13-21-35)9-8-29-10-14-32(15-11-29)42(50)51/h5-7,10-15,20-23,26-28,31,33,46H,2-4,8-9,16-19,24-25H2,1H3,(H,44,49)(H,45,48)(H,50,51)(H,52,53). The Balaban J connectivity index is 1.14. The summed E-state index contributed by atoms with van der Waals surface area (Å²) in [6.07, 6.45) is 6.89. The predicted octanol–water partition coefficient (Wildman–Crippen LogP) is 7.22. The third kappa shape index (κ3) is 10.2. The lowest BCUT2D eigenvalue weighted by atomic mass is 9.79. The van der Waals surface area contributed by atoms with Crippen molar-refractivity contribution in [3.8, 4) is 0 Å². The van der Waals surface area contributed by atoms with Crippen molar-refractivity contribution >= 4 is 50.8 Å². The number of aliphatic carboxylic acids is 1. The van der Waals surface area contributed by atoms with E-state index in [1.807, 2.05) is 42.5 Å². The van der Waals surface area contributed by atoms with Gasteiger partial charge in [-0.15, -0.1) is 0 Å². The number of hydrogen-bond donors (Lipinski definition) is 5. The van der Waals surface area contributed by atoms with Crippen molar-refractivity contribution in [3.63, 3.8) is 0 Å². The molecule has 2 fully saturated rings. The van der Waals surface area contributed by atoms with Crippen LogP contribution in [0.15, 0.2) is 95.9 Å². The Morgan fingerprint density at radius 3 is 2.00 bits per heavy atom. The van der Waals surface area contributed by atoms with E-state index >= 15 is 0 Å². The minimum Gasteiger partial charge on any atom is -0.481 e. The SMILES string of the molecule is CC(NS(=O)(=O)c1cccc(C(=O)Nc2ccc(N3CCCCC3)cc2C(=O)Nc2ccc(CCc3ccc(C(=O)O)cc3)cc2)c1)C1CCC(C(=O)O)CC1. The van der Waals surface area contributed by atoms with Crippen LogP contribution in [0.25, 0.3) is 0 Å². The molecule has 1 heterocycles. The van der Waals surface area contributed by atoms with Crippen LogP contribution in [0.1, 0.15) is 94.1 Å². The van der Waals surface area contributed by atoms with Gasteiger partial charge in [-0.2, -0.15) is 0 Å². The van der Waals surface area contributed by atoms with Crippen molar-refractivity contribution in [1.82, 2.24) is 4.72 Å².